The van der Waals surface area contributed by atoms with Crippen LogP contribution in [0.2, 0.25) is 0 Å². The topological polar surface area (TPSA) is 120 Å². The first-order chi connectivity index (χ1) is 9.79. The van der Waals surface area contributed by atoms with E-state index in [1.165, 1.54) is 11.9 Å². The van der Waals surface area contributed by atoms with E-state index in [0.29, 0.717) is 0 Å². The average molecular weight is 295 g/mol. The number of carboxylic acids is 2. The van der Waals surface area contributed by atoms with Gasteiger partial charge in [-0.25, -0.2) is 9.59 Å². The number of carboxylic acid groups (broad SMARTS) is 2. The molecule has 0 aliphatic rings. The lowest BCUT2D eigenvalue weighted by atomic mass is 10.2. The minimum atomic E-state index is -1.46. The van der Waals surface area contributed by atoms with Crippen LogP contribution in [0.4, 0.5) is 4.79 Å². The molecule has 2 amide bonds. The molecule has 1 heterocycles. The molecule has 1 atom stereocenters. The fourth-order valence-corrected chi connectivity index (χ4v) is 1.68. The molecular formula is C13H17N3O5. The maximum absolute atomic E-state index is 11.9. The van der Waals surface area contributed by atoms with Crippen LogP contribution in [-0.4, -0.2) is 51.2 Å². The summed E-state index contributed by atoms with van der Waals surface area (Å²) in [6.07, 6.45) is 0.935. The van der Waals surface area contributed by atoms with E-state index < -0.39 is 30.4 Å². The van der Waals surface area contributed by atoms with Gasteiger partial charge in [-0.15, -0.1) is 0 Å². The summed E-state index contributed by atoms with van der Waals surface area (Å²) in [5, 5.41) is 19.7. The molecule has 1 rings (SSSR count). The number of hydrogen-bond donors (Lipinski definition) is 3. The van der Waals surface area contributed by atoms with Crippen molar-refractivity contribution >= 4 is 18.0 Å². The number of nitrogens with zero attached hydrogens (tertiary/aromatic N) is 2. The molecule has 1 unspecified atom stereocenters. The van der Waals surface area contributed by atoms with Crippen molar-refractivity contribution in [3.8, 4) is 0 Å². The highest BCUT2D eigenvalue weighted by Crippen LogP contribution is 2.05. The molecule has 0 aliphatic heterocycles. The quantitative estimate of drug-likeness (QED) is 0.701. The zero-order valence-electron chi connectivity index (χ0n) is 11.7. The van der Waals surface area contributed by atoms with E-state index in [9.17, 15) is 14.4 Å². The van der Waals surface area contributed by atoms with Crippen LogP contribution in [0.3, 0.4) is 0 Å². The molecule has 1 aromatic heterocycles. The lowest BCUT2D eigenvalue weighted by Crippen LogP contribution is -2.47. The predicted octanol–water partition coefficient (Wildman–Crippen LogP) is 0.459. The van der Waals surface area contributed by atoms with Gasteiger partial charge in [-0.05, 0) is 24.6 Å². The molecule has 8 heteroatoms. The van der Waals surface area contributed by atoms with Crippen molar-refractivity contribution in [2.45, 2.75) is 25.9 Å². The third-order valence-corrected chi connectivity index (χ3v) is 2.70. The number of aromatic nitrogens is 1. The number of aliphatic carboxylic acids is 2. The van der Waals surface area contributed by atoms with E-state index in [0.717, 1.165) is 11.3 Å². The van der Waals surface area contributed by atoms with Gasteiger partial charge in [-0.3, -0.25) is 9.78 Å². The van der Waals surface area contributed by atoms with Crippen LogP contribution in [0.25, 0.3) is 0 Å². The van der Waals surface area contributed by atoms with E-state index in [-0.39, 0.29) is 6.54 Å². The van der Waals surface area contributed by atoms with Crippen LogP contribution in [0.15, 0.2) is 18.3 Å². The van der Waals surface area contributed by atoms with E-state index in [1.807, 2.05) is 6.92 Å². The predicted molar refractivity (Wildman–Crippen MR) is 72.6 cm³/mol. The SMILES string of the molecule is Cc1cc(CN(C)C(=O)NC(CC(=O)O)C(=O)O)ccn1. The summed E-state index contributed by atoms with van der Waals surface area (Å²) < 4.78 is 0. The van der Waals surface area contributed by atoms with Crippen LogP contribution in [0.5, 0.6) is 0 Å². The van der Waals surface area contributed by atoms with Gasteiger partial charge in [0.25, 0.3) is 0 Å². The first kappa shape index (κ1) is 16.4. The summed E-state index contributed by atoms with van der Waals surface area (Å²) in [6.45, 7) is 2.07. The highest BCUT2D eigenvalue weighted by atomic mass is 16.4. The highest BCUT2D eigenvalue weighted by molar-refractivity contribution is 5.86. The number of urea groups is 1. The molecule has 0 aliphatic carbocycles. The van der Waals surface area contributed by atoms with Crippen LogP contribution in [0, 0.1) is 6.92 Å². The molecule has 3 N–H and O–H groups in total. The fraction of sp³-hybridized carbons (Fsp3) is 0.385. The van der Waals surface area contributed by atoms with Crippen LogP contribution in [-0.2, 0) is 16.1 Å². The molecule has 0 saturated carbocycles. The first-order valence-corrected chi connectivity index (χ1v) is 6.17. The van der Waals surface area contributed by atoms with Gasteiger partial charge >= 0.3 is 18.0 Å². The minimum absolute atomic E-state index is 0.259. The third kappa shape index (κ3) is 5.47. The maximum atomic E-state index is 11.9. The number of carbonyl (C=O) groups is 3. The summed E-state index contributed by atoms with van der Waals surface area (Å²) in [6, 6.07) is 1.42. The third-order valence-electron chi connectivity index (χ3n) is 2.70. The normalized spacial score (nSPS) is 11.5. The van der Waals surface area contributed by atoms with E-state index in [4.69, 9.17) is 10.2 Å². The van der Waals surface area contributed by atoms with Gasteiger partial charge in [0.2, 0.25) is 0 Å². The molecule has 0 fully saturated rings. The summed E-state index contributed by atoms with van der Waals surface area (Å²) in [5.74, 6) is -2.69. The molecule has 0 bridgehead atoms. The zero-order chi connectivity index (χ0) is 16.0. The zero-order valence-corrected chi connectivity index (χ0v) is 11.7. The number of aryl methyl sites for hydroxylation is 1. The smallest absolute Gasteiger partial charge is 0.326 e. The number of rotatable bonds is 6. The van der Waals surface area contributed by atoms with E-state index in [1.54, 1.807) is 18.3 Å². The van der Waals surface area contributed by atoms with E-state index >= 15 is 0 Å². The summed E-state index contributed by atoms with van der Waals surface area (Å²) in [4.78, 5) is 38.6. The van der Waals surface area contributed by atoms with Gasteiger partial charge in [0.05, 0.1) is 6.42 Å². The fourth-order valence-electron chi connectivity index (χ4n) is 1.68. The van der Waals surface area contributed by atoms with Gasteiger partial charge in [-0.1, -0.05) is 0 Å². The number of hydrogen-bond acceptors (Lipinski definition) is 4. The Balaban J connectivity index is 2.64. The monoisotopic (exact) mass is 295 g/mol. The molecule has 8 nitrogen and oxygen atoms in total. The highest BCUT2D eigenvalue weighted by Gasteiger charge is 2.24. The Morgan fingerprint density at radius 3 is 2.57 bits per heavy atom. The first-order valence-electron chi connectivity index (χ1n) is 6.17. The Morgan fingerprint density at radius 2 is 2.05 bits per heavy atom. The second kappa shape index (κ2) is 7.22. The lowest BCUT2D eigenvalue weighted by Gasteiger charge is -2.20. The summed E-state index contributed by atoms with van der Waals surface area (Å²) >= 11 is 0. The number of carbonyl (C=O) groups excluding carboxylic acids is 1. The van der Waals surface area contributed by atoms with E-state index in [2.05, 4.69) is 10.3 Å². The minimum Gasteiger partial charge on any atom is -0.481 e. The summed E-state index contributed by atoms with van der Waals surface area (Å²) in [7, 11) is 1.49. The van der Waals surface area contributed by atoms with Crippen LogP contribution >= 0.6 is 0 Å². The number of pyridine rings is 1. The Labute approximate surface area is 121 Å². The molecule has 114 valence electrons. The van der Waals surface area contributed by atoms with Crippen molar-refractivity contribution in [2.75, 3.05) is 7.05 Å². The Hall–Kier alpha value is -2.64. The van der Waals surface area contributed by atoms with Gasteiger partial charge < -0.3 is 20.4 Å². The van der Waals surface area contributed by atoms with Gasteiger partial charge in [0, 0.05) is 25.5 Å². The largest absolute Gasteiger partial charge is 0.481 e. The number of nitrogens with one attached hydrogen (secondary N) is 1. The Kier molecular flexibility index (Phi) is 5.65. The van der Waals surface area contributed by atoms with Crippen molar-refractivity contribution in [3.05, 3.63) is 29.6 Å². The molecule has 21 heavy (non-hydrogen) atoms. The molecule has 1 aromatic rings. The van der Waals surface area contributed by atoms with Crippen molar-refractivity contribution in [1.29, 1.82) is 0 Å². The standard InChI is InChI=1S/C13H17N3O5/c1-8-5-9(3-4-14-8)7-16(2)13(21)15-10(12(19)20)6-11(17)18/h3-5,10H,6-7H2,1-2H3,(H,15,21)(H,17,18)(H,19,20). The summed E-state index contributed by atoms with van der Waals surface area (Å²) in [5.41, 5.74) is 1.64. The van der Waals surface area contributed by atoms with Crippen LogP contribution in [0.1, 0.15) is 17.7 Å². The molecule has 0 saturated heterocycles. The number of amides is 2. The van der Waals surface area contributed by atoms with Crippen molar-refractivity contribution in [1.82, 2.24) is 15.2 Å². The van der Waals surface area contributed by atoms with Crippen molar-refractivity contribution in [2.24, 2.45) is 0 Å². The Bertz CT molecular complexity index is 546. The average Bonchev–Trinajstić information content (AvgIpc) is 2.37. The van der Waals surface area contributed by atoms with Crippen molar-refractivity contribution in [3.63, 3.8) is 0 Å². The van der Waals surface area contributed by atoms with Gasteiger partial charge in [0.15, 0.2) is 0 Å². The second-order valence-corrected chi connectivity index (χ2v) is 4.60. The maximum Gasteiger partial charge on any atom is 0.326 e. The molecule has 0 radical (unpaired) electrons. The van der Waals surface area contributed by atoms with Gasteiger partial charge in [-0.2, -0.15) is 0 Å². The second-order valence-electron chi connectivity index (χ2n) is 4.60. The van der Waals surface area contributed by atoms with Gasteiger partial charge in [0.1, 0.15) is 6.04 Å². The molecular weight excluding hydrogens is 278 g/mol. The Morgan fingerprint density at radius 1 is 1.38 bits per heavy atom. The van der Waals surface area contributed by atoms with Crippen LogP contribution < -0.4 is 5.32 Å². The molecule has 0 aromatic carbocycles. The lowest BCUT2D eigenvalue weighted by molar-refractivity contribution is -0.145. The van der Waals surface area contributed by atoms with Crippen molar-refractivity contribution < 1.29 is 24.6 Å². The molecule has 0 spiro atoms.